The molecule has 2 unspecified atom stereocenters. The van der Waals surface area contributed by atoms with Crippen molar-refractivity contribution in [2.45, 2.75) is 31.0 Å². The molecule has 4 rings (SSSR count). The van der Waals surface area contributed by atoms with E-state index in [0.29, 0.717) is 5.65 Å². The number of nitrogens with zero attached hydrogens (tertiary/aromatic N) is 4. The number of nitrogens with two attached hydrogens (primary N) is 1. The summed E-state index contributed by atoms with van der Waals surface area (Å²) in [5.41, 5.74) is 6.41. The molecule has 0 amide bonds. The Hall–Kier alpha value is -1.47. The zero-order chi connectivity index (χ0) is 20.3. The predicted molar refractivity (Wildman–Crippen MR) is 90.6 cm³/mol. The largest absolute Gasteiger partial charge is 0.472 e. The second-order valence-corrected chi connectivity index (χ2v) is 9.06. The van der Waals surface area contributed by atoms with Crippen molar-refractivity contribution in [1.29, 1.82) is 0 Å². The average molecular weight is 437 g/mol. The summed E-state index contributed by atoms with van der Waals surface area (Å²) in [6.07, 6.45) is -2.69. The number of imidazole rings is 1. The van der Waals surface area contributed by atoms with Gasteiger partial charge >= 0.3 is 15.6 Å². The van der Waals surface area contributed by atoms with Gasteiger partial charge in [0, 0.05) is 20.6 Å². The van der Waals surface area contributed by atoms with E-state index in [-0.39, 0.29) is 23.6 Å². The predicted octanol–water partition coefficient (Wildman–Crippen LogP) is 0.646. The summed E-state index contributed by atoms with van der Waals surface area (Å²) in [5.74, 6) is 0.276. The van der Waals surface area contributed by atoms with E-state index in [0.717, 1.165) is 14.2 Å². The van der Waals surface area contributed by atoms with Crippen LogP contribution in [-0.4, -0.2) is 55.7 Å². The Kier molecular flexibility index (Phi) is 4.82. The lowest BCUT2D eigenvalue weighted by atomic mass is 10.1. The van der Waals surface area contributed by atoms with Crippen LogP contribution in [0.3, 0.4) is 0 Å². The summed E-state index contributed by atoms with van der Waals surface area (Å²) in [5, 5.41) is 0. The van der Waals surface area contributed by atoms with Crippen LogP contribution in [-0.2, 0) is 32.0 Å². The average Bonchev–Trinajstić information content (AvgIpc) is 3.19. The van der Waals surface area contributed by atoms with Crippen LogP contribution in [0.15, 0.2) is 6.33 Å². The van der Waals surface area contributed by atoms with Gasteiger partial charge in [-0.25, -0.2) is 24.1 Å². The minimum atomic E-state index is -4.49. The van der Waals surface area contributed by atoms with Gasteiger partial charge in [-0.15, -0.1) is 0 Å². The van der Waals surface area contributed by atoms with Crippen molar-refractivity contribution in [3.05, 3.63) is 12.2 Å². The lowest BCUT2D eigenvalue weighted by Gasteiger charge is -2.32. The molecule has 2 aromatic heterocycles. The van der Waals surface area contributed by atoms with Gasteiger partial charge in [-0.2, -0.15) is 0 Å². The quantitative estimate of drug-likeness (QED) is 0.534. The lowest BCUT2D eigenvalue weighted by molar-refractivity contribution is -0.107. The SMILES string of the molecule is COP(=O)(O)O[C@H]1C[C@H]2O[C@@H]1[C@H](OP(=O)(O)OC)c1nc3c(N)ncnc3n12. The van der Waals surface area contributed by atoms with Crippen LogP contribution >= 0.6 is 15.6 Å². The van der Waals surface area contributed by atoms with Crippen LogP contribution in [0, 0.1) is 0 Å². The van der Waals surface area contributed by atoms with Crippen LogP contribution < -0.4 is 5.73 Å². The van der Waals surface area contributed by atoms with Crippen molar-refractivity contribution in [1.82, 2.24) is 19.5 Å². The molecule has 4 N–H and O–H groups in total. The third-order valence-electron chi connectivity index (χ3n) is 4.46. The summed E-state index contributed by atoms with van der Waals surface area (Å²) >= 11 is 0. The number of nitrogen functional groups attached to an aromatic ring is 1. The fraction of sp³-hybridized carbons (Fsp3) is 0.583. The Morgan fingerprint density at radius 3 is 2.57 bits per heavy atom. The minimum Gasteiger partial charge on any atom is -0.382 e. The van der Waals surface area contributed by atoms with Crippen LogP contribution in [0.2, 0.25) is 0 Å². The van der Waals surface area contributed by atoms with Gasteiger partial charge in [-0.1, -0.05) is 0 Å². The molecule has 16 heteroatoms. The number of phosphoric acid groups is 2. The number of hydrogen-bond acceptors (Lipinski definition) is 11. The molecule has 6 atom stereocenters. The number of hydrogen-bond donors (Lipinski definition) is 3. The van der Waals surface area contributed by atoms with E-state index in [1.54, 1.807) is 0 Å². The maximum atomic E-state index is 12.1. The van der Waals surface area contributed by atoms with Crippen LogP contribution in [0.4, 0.5) is 5.82 Å². The van der Waals surface area contributed by atoms with Gasteiger partial charge in [-0.05, 0) is 0 Å². The molecule has 154 valence electrons. The fourth-order valence-electron chi connectivity index (χ4n) is 3.28. The van der Waals surface area contributed by atoms with E-state index in [1.807, 2.05) is 0 Å². The molecule has 2 bridgehead atoms. The molecule has 28 heavy (non-hydrogen) atoms. The molecule has 1 fully saturated rings. The Labute approximate surface area is 157 Å². The Balaban J connectivity index is 1.81. The van der Waals surface area contributed by atoms with Gasteiger partial charge in [0.05, 0.1) is 0 Å². The van der Waals surface area contributed by atoms with Crippen LogP contribution in [0.25, 0.3) is 11.2 Å². The van der Waals surface area contributed by atoms with E-state index in [2.05, 4.69) is 24.0 Å². The smallest absolute Gasteiger partial charge is 0.382 e. The molecule has 2 aliphatic rings. The number of ether oxygens (including phenoxy) is 1. The molecular formula is C12H17N5O9P2. The first kappa shape index (κ1) is 19.8. The van der Waals surface area contributed by atoms with Crippen LogP contribution in [0.5, 0.6) is 0 Å². The Morgan fingerprint density at radius 2 is 1.89 bits per heavy atom. The topological polar surface area (TPSA) is 190 Å². The molecule has 0 radical (unpaired) electrons. The van der Waals surface area contributed by atoms with Gasteiger partial charge < -0.3 is 20.3 Å². The van der Waals surface area contributed by atoms with Crippen molar-refractivity contribution >= 4 is 32.6 Å². The highest BCUT2D eigenvalue weighted by Gasteiger charge is 2.54. The molecule has 2 aromatic rings. The normalized spacial score (nSPS) is 30.7. The van der Waals surface area contributed by atoms with Gasteiger partial charge in [0.1, 0.15) is 30.6 Å². The van der Waals surface area contributed by atoms with Crippen LogP contribution in [0.1, 0.15) is 24.6 Å². The summed E-state index contributed by atoms with van der Waals surface area (Å²) in [7, 11) is -6.84. The first-order valence-corrected chi connectivity index (χ1v) is 10.9. The third kappa shape index (κ3) is 3.26. The summed E-state index contributed by atoms with van der Waals surface area (Å²) < 4.78 is 50.6. The van der Waals surface area contributed by atoms with Crippen molar-refractivity contribution in [2.75, 3.05) is 20.0 Å². The first-order valence-electron chi connectivity index (χ1n) is 7.93. The molecule has 4 heterocycles. The maximum Gasteiger partial charge on any atom is 0.472 e. The summed E-state index contributed by atoms with van der Waals surface area (Å²) in [6.45, 7) is 0. The second kappa shape index (κ2) is 6.80. The molecule has 0 aliphatic carbocycles. The van der Waals surface area contributed by atoms with Gasteiger partial charge in [0.25, 0.3) is 0 Å². The number of fused-ring (bicyclic) bond motifs is 6. The highest BCUT2D eigenvalue weighted by Crippen LogP contribution is 2.56. The van der Waals surface area contributed by atoms with Crippen molar-refractivity contribution in [3.63, 3.8) is 0 Å². The van der Waals surface area contributed by atoms with Crippen molar-refractivity contribution in [3.8, 4) is 0 Å². The number of phosphoric ester groups is 2. The summed E-state index contributed by atoms with van der Waals surface area (Å²) in [4.78, 5) is 31.8. The minimum absolute atomic E-state index is 0.101. The van der Waals surface area contributed by atoms with E-state index in [1.165, 1.54) is 10.9 Å². The maximum absolute atomic E-state index is 12.1. The highest BCUT2D eigenvalue weighted by atomic mass is 31.2. The number of anilines is 1. The van der Waals surface area contributed by atoms with E-state index in [9.17, 15) is 18.9 Å². The second-order valence-electron chi connectivity index (χ2n) is 6.03. The van der Waals surface area contributed by atoms with Crippen molar-refractivity contribution in [2.24, 2.45) is 0 Å². The molecule has 14 nitrogen and oxygen atoms in total. The van der Waals surface area contributed by atoms with Gasteiger partial charge in [0.2, 0.25) is 0 Å². The first-order chi connectivity index (χ1) is 13.2. The Morgan fingerprint density at radius 1 is 1.21 bits per heavy atom. The molecule has 0 saturated carbocycles. The van der Waals surface area contributed by atoms with E-state index in [4.69, 9.17) is 19.5 Å². The standard InChI is InChI=1S/C12H17N5O9P2/c1-22-27(18,19)25-5-3-6-17-11-7(10(13)14-4-15-11)16-12(17)9(8(5)24-6)26-28(20,21)23-2/h4-6,8-9H,3H2,1-2H3,(H,18,19)(H,20,21)(H2,13,14,15)/t5-,6+,8-,9-/m0/s1. The molecule has 2 aliphatic heterocycles. The molecule has 0 aromatic carbocycles. The van der Waals surface area contributed by atoms with E-state index < -0.39 is 40.2 Å². The van der Waals surface area contributed by atoms with Gasteiger partial charge in [-0.3, -0.25) is 22.7 Å². The molecule has 0 spiro atoms. The Bertz CT molecular complexity index is 1010. The molecule has 1 saturated heterocycles. The van der Waals surface area contributed by atoms with Gasteiger partial charge in [0.15, 0.2) is 23.1 Å². The zero-order valence-electron chi connectivity index (χ0n) is 14.6. The summed E-state index contributed by atoms with van der Waals surface area (Å²) in [6, 6.07) is 0. The number of rotatable bonds is 6. The monoisotopic (exact) mass is 437 g/mol. The highest BCUT2D eigenvalue weighted by molar-refractivity contribution is 7.47. The zero-order valence-corrected chi connectivity index (χ0v) is 16.4. The number of aromatic nitrogens is 4. The van der Waals surface area contributed by atoms with E-state index >= 15 is 0 Å². The van der Waals surface area contributed by atoms with Crippen molar-refractivity contribution < 1.29 is 41.7 Å². The molecular weight excluding hydrogens is 420 g/mol. The third-order valence-corrected chi connectivity index (χ3v) is 6.42. The fourth-order valence-corrected chi connectivity index (χ4v) is 4.50. The lowest BCUT2D eigenvalue weighted by Crippen LogP contribution is -2.35.